The van der Waals surface area contributed by atoms with Gasteiger partial charge in [0.1, 0.15) is 6.10 Å². The second-order valence-corrected chi connectivity index (χ2v) is 8.36. The van der Waals surface area contributed by atoms with Crippen LogP contribution in [0.4, 0.5) is 0 Å². The number of aromatic nitrogens is 3. The number of benzene rings is 1. The number of hydrogen-bond donors (Lipinski definition) is 1. The lowest BCUT2D eigenvalue weighted by molar-refractivity contribution is -0.0103. The molecule has 3 aliphatic rings. The Kier molecular flexibility index (Phi) is 4.53. The fraction of sp³-hybridized carbons (Fsp3) is 0.455. The minimum absolute atomic E-state index is 0.257. The molecule has 28 heavy (non-hydrogen) atoms. The van der Waals surface area contributed by atoms with Crippen molar-refractivity contribution in [2.75, 3.05) is 33.7 Å². The van der Waals surface area contributed by atoms with Crippen LogP contribution in [0.5, 0.6) is 5.88 Å². The summed E-state index contributed by atoms with van der Waals surface area (Å²) in [4.78, 5) is 8.02. The first-order chi connectivity index (χ1) is 13.7. The van der Waals surface area contributed by atoms with Gasteiger partial charge in [0.15, 0.2) is 0 Å². The van der Waals surface area contributed by atoms with Gasteiger partial charge < -0.3 is 14.6 Å². The monoisotopic (exact) mass is 377 g/mol. The molecule has 3 saturated heterocycles. The van der Waals surface area contributed by atoms with Crippen LogP contribution >= 0.6 is 0 Å². The molecule has 3 aromatic rings. The molecule has 2 aromatic heterocycles. The third kappa shape index (κ3) is 3.38. The van der Waals surface area contributed by atoms with Gasteiger partial charge in [-0.05, 0) is 69.7 Å². The number of ether oxygens (including phenoxy) is 1. The lowest BCUT2D eigenvalue weighted by Crippen LogP contribution is -2.52. The fourth-order valence-corrected chi connectivity index (χ4v) is 4.55. The zero-order valence-electron chi connectivity index (χ0n) is 16.6. The third-order valence-corrected chi connectivity index (χ3v) is 6.06. The Morgan fingerprint density at radius 1 is 1.14 bits per heavy atom. The molecule has 0 amide bonds. The molecule has 1 N–H and O–H groups in total. The zero-order valence-corrected chi connectivity index (χ0v) is 16.6. The van der Waals surface area contributed by atoms with E-state index in [1.54, 1.807) is 0 Å². The minimum atomic E-state index is 0.257. The van der Waals surface area contributed by atoms with Gasteiger partial charge in [0, 0.05) is 41.8 Å². The lowest BCUT2D eigenvalue weighted by Gasteiger charge is -2.44. The first kappa shape index (κ1) is 17.6. The zero-order chi connectivity index (χ0) is 19.1. The van der Waals surface area contributed by atoms with E-state index in [4.69, 9.17) is 4.74 Å². The first-order valence-corrected chi connectivity index (χ1v) is 10.1. The van der Waals surface area contributed by atoms with Crippen molar-refractivity contribution in [3.8, 4) is 17.1 Å². The molecule has 6 nitrogen and oxygen atoms in total. The Bertz CT molecular complexity index is 957. The fourth-order valence-electron chi connectivity index (χ4n) is 4.55. The molecule has 3 aliphatic heterocycles. The number of H-pyrrole nitrogens is 1. The molecule has 1 aromatic carbocycles. The van der Waals surface area contributed by atoms with Gasteiger partial charge >= 0.3 is 0 Å². The number of nitrogens with zero attached hydrogens (tertiary/aromatic N) is 4. The molecule has 6 rings (SSSR count). The molecular formula is C22H27N5O. The number of piperidine rings is 3. The summed E-state index contributed by atoms with van der Waals surface area (Å²) in [5.74, 6) is 1.30. The van der Waals surface area contributed by atoms with E-state index < -0.39 is 0 Å². The van der Waals surface area contributed by atoms with Crippen molar-refractivity contribution in [3.63, 3.8) is 0 Å². The second kappa shape index (κ2) is 7.18. The van der Waals surface area contributed by atoms with Gasteiger partial charge in [-0.3, -0.25) is 4.90 Å². The van der Waals surface area contributed by atoms with Crippen LogP contribution in [0.15, 0.2) is 36.5 Å². The molecule has 0 aliphatic carbocycles. The van der Waals surface area contributed by atoms with Gasteiger partial charge in [-0.2, -0.15) is 0 Å². The Hall–Kier alpha value is -2.44. The predicted molar refractivity (Wildman–Crippen MR) is 110 cm³/mol. The van der Waals surface area contributed by atoms with E-state index in [-0.39, 0.29) is 6.10 Å². The number of nitrogens with one attached hydrogen (secondary N) is 1. The third-order valence-electron chi connectivity index (χ3n) is 6.06. The van der Waals surface area contributed by atoms with Gasteiger partial charge in [-0.1, -0.05) is 6.07 Å². The molecule has 6 heteroatoms. The average Bonchev–Trinajstić information content (AvgIpc) is 3.11. The minimum Gasteiger partial charge on any atom is -0.472 e. The lowest BCUT2D eigenvalue weighted by atomic mass is 9.86. The molecule has 1 atom stereocenters. The van der Waals surface area contributed by atoms with Gasteiger partial charge in [0.05, 0.1) is 5.69 Å². The van der Waals surface area contributed by atoms with Crippen LogP contribution in [0.25, 0.3) is 22.2 Å². The molecule has 0 radical (unpaired) electrons. The quantitative estimate of drug-likeness (QED) is 0.740. The SMILES string of the molecule is CN(C)Cc1c[nH]c2ccc(-c3ccc(OC4CN5CCC4CC5)nn3)cc12. The topological polar surface area (TPSA) is 57.3 Å². The summed E-state index contributed by atoms with van der Waals surface area (Å²) in [7, 11) is 4.17. The number of fused-ring (bicyclic) bond motifs is 4. The highest BCUT2D eigenvalue weighted by molar-refractivity contribution is 5.87. The van der Waals surface area contributed by atoms with Crippen LogP contribution in [-0.2, 0) is 6.54 Å². The standard InChI is InChI=1S/C22H27N5O/c1-26(2)13-17-12-23-20-4-3-16(11-18(17)20)19-5-6-22(25-24-19)28-21-14-27-9-7-15(21)8-10-27/h3-6,11-12,15,21,23H,7-10,13-14H2,1-2H3. The van der Waals surface area contributed by atoms with Crippen LogP contribution < -0.4 is 4.74 Å². The predicted octanol–water partition coefficient (Wildman–Crippen LogP) is 3.16. The van der Waals surface area contributed by atoms with Crippen molar-refractivity contribution < 1.29 is 4.74 Å². The smallest absolute Gasteiger partial charge is 0.233 e. The maximum Gasteiger partial charge on any atom is 0.233 e. The van der Waals surface area contributed by atoms with E-state index in [1.165, 1.54) is 36.9 Å². The van der Waals surface area contributed by atoms with Gasteiger partial charge in [0.25, 0.3) is 0 Å². The number of hydrogen-bond acceptors (Lipinski definition) is 5. The van der Waals surface area contributed by atoms with Crippen molar-refractivity contribution in [2.24, 2.45) is 5.92 Å². The van der Waals surface area contributed by atoms with Crippen LogP contribution in [0.1, 0.15) is 18.4 Å². The highest BCUT2D eigenvalue weighted by Gasteiger charge is 2.35. The Labute approximate surface area is 165 Å². The Morgan fingerprint density at radius 2 is 2.00 bits per heavy atom. The van der Waals surface area contributed by atoms with E-state index in [1.807, 2.05) is 12.1 Å². The molecule has 5 heterocycles. The van der Waals surface area contributed by atoms with Crippen molar-refractivity contribution in [3.05, 3.63) is 42.1 Å². The second-order valence-electron chi connectivity index (χ2n) is 8.36. The van der Waals surface area contributed by atoms with Crippen molar-refractivity contribution in [1.82, 2.24) is 25.0 Å². The van der Waals surface area contributed by atoms with Crippen LogP contribution in [0.2, 0.25) is 0 Å². The van der Waals surface area contributed by atoms with E-state index in [0.29, 0.717) is 11.8 Å². The summed E-state index contributed by atoms with van der Waals surface area (Å²) in [6, 6.07) is 10.4. The molecule has 0 spiro atoms. The van der Waals surface area contributed by atoms with Crippen LogP contribution in [0.3, 0.4) is 0 Å². The first-order valence-electron chi connectivity index (χ1n) is 10.1. The molecule has 0 saturated carbocycles. The van der Waals surface area contributed by atoms with E-state index in [0.717, 1.165) is 29.9 Å². The van der Waals surface area contributed by atoms with Gasteiger partial charge in [-0.25, -0.2) is 0 Å². The molecule has 146 valence electrons. The van der Waals surface area contributed by atoms with Crippen LogP contribution in [-0.4, -0.2) is 64.8 Å². The van der Waals surface area contributed by atoms with Crippen molar-refractivity contribution in [1.29, 1.82) is 0 Å². The summed E-state index contributed by atoms with van der Waals surface area (Å²) in [5, 5.41) is 10.1. The van der Waals surface area contributed by atoms with E-state index in [9.17, 15) is 0 Å². The molecule has 3 fully saturated rings. The summed E-state index contributed by atoms with van der Waals surface area (Å²) in [6.45, 7) is 4.35. The number of aromatic amines is 1. The highest BCUT2D eigenvalue weighted by Crippen LogP contribution is 2.31. The summed E-state index contributed by atoms with van der Waals surface area (Å²) in [5.41, 5.74) is 4.39. The summed E-state index contributed by atoms with van der Waals surface area (Å²) >= 11 is 0. The summed E-state index contributed by atoms with van der Waals surface area (Å²) < 4.78 is 6.17. The number of rotatable bonds is 5. The normalized spacial score (nSPS) is 24.2. The van der Waals surface area contributed by atoms with E-state index in [2.05, 4.69) is 63.5 Å². The largest absolute Gasteiger partial charge is 0.472 e. The average molecular weight is 377 g/mol. The molecule has 2 bridgehead atoms. The van der Waals surface area contributed by atoms with E-state index >= 15 is 0 Å². The molecular weight excluding hydrogens is 350 g/mol. The summed E-state index contributed by atoms with van der Waals surface area (Å²) in [6.07, 6.45) is 4.82. The van der Waals surface area contributed by atoms with Crippen molar-refractivity contribution in [2.45, 2.75) is 25.5 Å². The maximum atomic E-state index is 6.17. The highest BCUT2D eigenvalue weighted by atomic mass is 16.5. The molecule has 1 unspecified atom stereocenters. The van der Waals surface area contributed by atoms with Gasteiger partial charge in [0.2, 0.25) is 5.88 Å². The Balaban J connectivity index is 1.35. The van der Waals surface area contributed by atoms with Gasteiger partial charge in [-0.15, -0.1) is 10.2 Å². The van der Waals surface area contributed by atoms with Crippen molar-refractivity contribution >= 4 is 10.9 Å². The Morgan fingerprint density at radius 3 is 2.68 bits per heavy atom. The maximum absolute atomic E-state index is 6.17. The van der Waals surface area contributed by atoms with Crippen LogP contribution in [0, 0.1) is 5.92 Å².